The van der Waals surface area contributed by atoms with Crippen molar-refractivity contribution >= 4 is 21.9 Å². The molecule has 1 aliphatic rings. The van der Waals surface area contributed by atoms with E-state index in [9.17, 15) is 4.79 Å². The van der Waals surface area contributed by atoms with Crippen LogP contribution in [0, 0.1) is 0 Å². The quantitative estimate of drug-likeness (QED) is 0.623. The summed E-state index contributed by atoms with van der Waals surface area (Å²) in [4.78, 5) is 11.6. The molecule has 1 aromatic carbocycles. The first-order valence-electron chi connectivity index (χ1n) is 5.12. The maximum absolute atomic E-state index is 11.6. The summed E-state index contributed by atoms with van der Waals surface area (Å²) in [7, 11) is 0. The first-order chi connectivity index (χ1) is 7.31. The number of hydrogen-bond acceptors (Lipinski definition) is 2. The van der Waals surface area contributed by atoms with Crippen molar-refractivity contribution in [2.75, 3.05) is 5.33 Å². The number of rotatable bonds is 3. The summed E-state index contributed by atoms with van der Waals surface area (Å²) in [5.41, 5.74) is 1.07. The van der Waals surface area contributed by atoms with Gasteiger partial charge in [0, 0.05) is 11.8 Å². The fraction of sp³-hybridized carbons (Fsp3) is 0.417. The van der Waals surface area contributed by atoms with E-state index in [0.29, 0.717) is 0 Å². The molecule has 1 saturated heterocycles. The highest BCUT2D eigenvalue weighted by atomic mass is 79.9. The lowest BCUT2D eigenvalue weighted by Gasteiger charge is -2.05. The third kappa shape index (κ3) is 2.40. The minimum atomic E-state index is -0.0767. The molecular weight excluding hydrogens is 256 g/mol. The van der Waals surface area contributed by atoms with Crippen LogP contribution in [0.5, 0.6) is 0 Å². The lowest BCUT2D eigenvalue weighted by atomic mass is 9.95. The van der Waals surface area contributed by atoms with Crippen LogP contribution in [0.15, 0.2) is 30.3 Å². The average molecular weight is 269 g/mol. The van der Waals surface area contributed by atoms with E-state index in [0.717, 1.165) is 23.7 Å². The number of alkyl halides is 1. The molecule has 2 atom stereocenters. The van der Waals surface area contributed by atoms with E-state index >= 15 is 0 Å². The Morgan fingerprint density at radius 1 is 1.33 bits per heavy atom. The molecule has 3 heteroatoms. The number of halogens is 1. The number of hydrogen-bond donors (Lipinski definition) is 0. The summed E-state index contributed by atoms with van der Waals surface area (Å²) >= 11 is 3.36. The Morgan fingerprint density at radius 2 is 2.07 bits per heavy atom. The van der Waals surface area contributed by atoms with Crippen LogP contribution in [-0.2, 0) is 9.53 Å². The zero-order valence-electron chi connectivity index (χ0n) is 8.36. The number of cyclic esters (lactones) is 1. The van der Waals surface area contributed by atoms with Gasteiger partial charge in [-0.15, -0.1) is 0 Å². The Kier molecular flexibility index (Phi) is 3.41. The highest BCUT2D eigenvalue weighted by Crippen LogP contribution is 2.32. The summed E-state index contributed by atoms with van der Waals surface area (Å²) in [5.74, 6) is -0.137. The van der Waals surface area contributed by atoms with E-state index < -0.39 is 0 Å². The molecule has 1 aliphatic heterocycles. The molecule has 0 spiro atoms. The summed E-state index contributed by atoms with van der Waals surface area (Å²) in [5, 5.41) is 0.881. The van der Waals surface area contributed by atoms with Crippen LogP contribution in [0.25, 0.3) is 0 Å². The highest BCUT2D eigenvalue weighted by Gasteiger charge is 2.34. The van der Waals surface area contributed by atoms with Crippen molar-refractivity contribution < 1.29 is 9.53 Å². The Hall–Kier alpha value is -0.830. The van der Waals surface area contributed by atoms with Gasteiger partial charge < -0.3 is 4.74 Å². The van der Waals surface area contributed by atoms with Gasteiger partial charge in [0.1, 0.15) is 6.10 Å². The maximum Gasteiger partial charge on any atom is 0.313 e. The smallest absolute Gasteiger partial charge is 0.313 e. The van der Waals surface area contributed by atoms with E-state index in [2.05, 4.69) is 15.9 Å². The van der Waals surface area contributed by atoms with Crippen molar-refractivity contribution in [1.29, 1.82) is 0 Å². The molecule has 1 aromatic rings. The molecule has 0 saturated carbocycles. The third-order valence-electron chi connectivity index (χ3n) is 2.70. The van der Waals surface area contributed by atoms with Crippen molar-refractivity contribution in [3.05, 3.63) is 35.9 Å². The van der Waals surface area contributed by atoms with Crippen molar-refractivity contribution in [3.63, 3.8) is 0 Å². The second-order valence-electron chi connectivity index (χ2n) is 3.74. The summed E-state index contributed by atoms with van der Waals surface area (Å²) in [6, 6.07) is 9.85. The van der Waals surface area contributed by atoms with Gasteiger partial charge in [0.15, 0.2) is 0 Å². The molecule has 0 N–H and O–H groups in total. The largest absolute Gasteiger partial charge is 0.462 e. The summed E-state index contributed by atoms with van der Waals surface area (Å²) in [6.07, 6.45) is 1.80. The van der Waals surface area contributed by atoms with E-state index in [1.54, 1.807) is 0 Å². The normalized spacial score (nSPS) is 25.3. The Morgan fingerprint density at radius 3 is 2.73 bits per heavy atom. The highest BCUT2D eigenvalue weighted by molar-refractivity contribution is 9.09. The van der Waals surface area contributed by atoms with Gasteiger partial charge in [-0.05, 0) is 12.0 Å². The average Bonchev–Trinajstić information content (AvgIpc) is 2.61. The molecule has 2 nitrogen and oxygen atoms in total. The van der Waals surface area contributed by atoms with Gasteiger partial charge in [0.25, 0.3) is 0 Å². The molecule has 0 aliphatic carbocycles. The predicted octanol–water partition coefficient (Wildman–Crippen LogP) is 2.87. The maximum atomic E-state index is 11.6. The molecular formula is C12H13BrO2. The van der Waals surface area contributed by atoms with Gasteiger partial charge in [-0.2, -0.15) is 0 Å². The van der Waals surface area contributed by atoms with E-state index in [1.807, 2.05) is 30.3 Å². The van der Waals surface area contributed by atoms with E-state index in [4.69, 9.17) is 4.74 Å². The van der Waals surface area contributed by atoms with Crippen molar-refractivity contribution in [1.82, 2.24) is 0 Å². The van der Waals surface area contributed by atoms with Crippen LogP contribution in [0.1, 0.15) is 24.3 Å². The van der Waals surface area contributed by atoms with E-state index in [1.165, 1.54) is 0 Å². The van der Waals surface area contributed by atoms with Crippen LogP contribution >= 0.6 is 15.9 Å². The number of ether oxygens (including phenoxy) is 1. The SMILES string of the molecule is O=C1OC(CCBr)CC1c1ccccc1. The van der Waals surface area contributed by atoms with Gasteiger partial charge in [-0.1, -0.05) is 46.3 Å². The van der Waals surface area contributed by atoms with Gasteiger partial charge >= 0.3 is 5.97 Å². The molecule has 80 valence electrons. The minimum Gasteiger partial charge on any atom is -0.462 e. The zero-order valence-corrected chi connectivity index (χ0v) is 9.94. The van der Waals surface area contributed by atoms with Crippen molar-refractivity contribution in [2.45, 2.75) is 24.9 Å². The predicted molar refractivity (Wildman–Crippen MR) is 62.1 cm³/mol. The molecule has 0 amide bonds. The fourth-order valence-electron chi connectivity index (χ4n) is 1.91. The van der Waals surface area contributed by atoms with Crippen LogP contribution in [-0.4, -0.2) is 17.4 Å². The second kappa shape index (κ2) is 4.79. The number of benzene rings is 1. The molecule has 0 aromatic heterocycles. The minimum absolute atomic E-state index is 0.0600. The number of esters is 1. The number of carbonyl (C=O) groups is 1. The molecule has 0 bridgehead atoms. The summed E-state index contributed by atoms with van der Waals surface area (Å²) < 4.78 is 5.30. The number of carbonyl (C=O) groups excluding carboxylic acids is 1. The van der Waals surface area contributed by atoms with Crippen LogP contribution in [0.4, 0.5) is 0 Å². The Bertz CT molecular complexity index is 337. The molecule has 2 unspecified atom stereocenters. The molecule has 1 heterocycles. The fourth-order valence-corrected chi connectivity index (χ4v) is 2.42. The Balaban J connectivity index is 2.09. The molecule has 1 fully saturated rings. The first-order valence-corrected chi connectivity index (χ1v) is 6.25. The molecule has 15 heavy (non-hydrogen) atoms. The monoisotopic (exact) mass is 268 g/mol. The zero-order chi connectivity index (χ0) is 10.7. The van der Waals surface area contributed by atoms with Gasteiger partial charge in [-0.25, -0.2) is 0 Å². The second-order valence-corrected chi connectivity index (χ2v) is 4.53. The van der Waals surface area contributed by atoms with E-state index in [-0.39, 0.29) is 18.0 Å². The Labute approximate surface area is 97.8 Å². The van der Waals surface area contributed by atoms with Crippen molar-refractivity contribution in [3.8, 4) is 0 Å². The standard InChI is InChI=1S/C12H13BrO2/c13-7-6-10-8-11(12(14)15-10)9-4-2-1-3-5-9/h1-5,10-11H,6-8H2. The van der Waals surface area contributed by atoms with Gasteiger partial charge in [-0.3, -0.25) is 4.79 Å². The lowest BCUT2D eigenvalue weighted by molar-refractivity contribution is -0.142. The summed E-state index contributed by atoms with van der Waals surface area (Å²) in [6.45, 7) is 0. The first kappa shape index (κ1) is 10.7. The van der Waals surface area contributed by atoms with Crippen LogP contribution in [0.3, 0.4) is 0 Å². The van der Waals surface area contributed by atoms with Gasteiger partial charge in [0.05, 0.1) is 5.92 Å². The molecule has 2 rings (SSSR count). The van der Waals surface area contributed by atoms with Gasteiger partial charge in [0.2, 0.25) is 0 Å². The van der Waals surface area contributed by atoms with Crippen LogP contribution < -0.4 is 0 Å². The topological polar surface area (TPSA) is 26.3 Å². The third-order valence-corrected chi connectivity index (χ3v) is 3.16. The molecule has 0 radical (unpaired) electrons. The van der Waals surface area contributed by atoms with Crippen LogP contribution in [0.2, 0.25) is 0 Å². The van der Waals surface area contributed by atoms with Crippen molar-refractivity contribution in [2.24, 2.45) is 0 Å². The lowest BCUT2D eigenvalue weighted by Crippen LogP contribution is -2.06.